The Labute approximate surface area is 167 Å². The number of aromatic nitrogens is 4. The predicted molar refractivity (Wildman–Crippen MR) is 104 cm³/mol. The van der Waals surface area contributed by atoms with Gasteiger partial charge in [-0.1, -0.05) is 42.0 Å². The molecule has 0 aliphatic rings. The average molecular weight is 395 g/mol. The van der Waals surface area contributed by atoms with Crippen molar-refractivity contribution in [3.63, 3.8) is 0 Å². The third kappa shape index (κ3) is 5.86. The molecule has 0 spiro atoms. The molecule has 0 saturated heterocycles. The van der Waals surface area contributed by atoms with E-state index in [-0.39, 0.29) is 13.2 Å². The Morgan fingerprint density at radius 3 is 2.48 bits per heavy atom. The molecule has 0 aliphatic heterocycles. The van der Waals surface area contributed by atoms with Crippen molar-refractivity contribution in [2.75, 3.05) is 13.7 Å². The first-order valence-corrected chi connectivity index (χ1v) is 8.93. The zero-order chi connectivity index (χ0) is 20.6. The Morgan fingerprint density at radius 2 is 1.79 bits per heavy atom. The molecule has 150 valence electrons. The monoisotopic (exact) mass is 395 g/mol. The lowest BCUT2D eigenvalue weighted by atomic mass is 10.1. The van der Waals surface area contributed by atoms with Crippen molar-refractivity contribution in [1.29, 1.82) is 0 Å². The Bertz CT molecular complexity index is 967. The summed E-state index contributed by atoms with van der Waals surface area (Å²) in [5.74, 6) is 0.120. The minimum atomic E-state index is -0.627. The van der Waals surface area contributed by atoms with Crippen LogP contribution in [0.2, 0.25) is 0 Å². The van der Waals surface area contributed by atoms with Crippen molar-refractivity contribution in [3.8, 4) is 17.1 Å². The standard InChI is InChI=1S/C20H21N5O4/c1-14-3-7-16(8-4-14)20-22-24-25(23-20)12-19(27)29-13-18(26)21-11-15-5-9-17(28-2)10-6-15/h3-10H,11-13H2,1-2H3,(H,21,26). The van der Waals surface area contributed by atoms with Crippen molar-refractivity contribution < 1.29 is 19.1 Å². The van der Waals surface area contributed by atoms with Gasteiger partial charge in [-0.15, -0.1) is 10.2 Å². The van der Waals surface area contributed by atoms with Gasteiger partial charge in [-0.2, -0.15) is 4.80 Å². The molecular formula is C20H21N5O4. The number of nitrogens with zero attached hydrogens (tertiary/aromatic N) is 4. The maximum Gasteiger partial charge on any atom is 0.330 e. The number of aryl methyl sites for hydroxylation is 1. The van der Waals surface area contributed by atoms with E-state index in [1.165, 1.54) is 0 Å². The molecule has 1 amide bonds. The fourth-order valence-electron chi connectivity index (χ4n) is 2.43. The van der Waals surface area contributed by atoms with Crippen LogP contribution in [-0.4, -0.2) is 45.8 Å². The van der Waals surface area contributed by atoms with Crippen molar-refractivity contribution in [3.05, 3.63) is 59.7 Å². The summed E-state index contributed by atoms with van der Waals surface area (Å²) >= 11 is 0. The fraction of sp³-hybridized carbons (Fsp3) is 0.250. The third-order valence-corrected chi connectivity index (χ3v) is 4.05. The van der Waals surface area contributed by atoms with Crippen LogP contribution in [0.15, 0.2) is 48.5 Å². The van der Waals surface area contributed by atoms with Gasteiger partial charge in [0, 0.05) is 12.1 Å². The molecule has 0 atom stereocenters. The summed E-state index contributed by atoms with van der Waals surface area (Å²) in [6.07, 6.45) is 0. The molecule has 1 N–H and O–H groups in total. The summed E-state index contributed by atoms with van der Waals surface area (Å²) in [7, 11) is 1.59. The summed E-state index contributed by atoms with van der Waals surface area (Å²) in [6.45, 7) is 1.70. The van der Waals surface area contributed by atoms with E-state index in [9.17, 15) is 9.59 Å². The summed E-state index contributed by atoms with van der Waals surface area (Å²) in [5, 5.41) is 14.6. The van der Waals surface area contributed by atoms with Gasteiger partial charge in [0.05, 0.1) is 7.11 Å². The minimum absolute atomic E-state index is 0.232. The average Bonchev–Trinajstić information content (AvgIpc) is 3.20. The zero-order valence-electron chi connectivity index (χ0n) is 16.2. The molecule has 0 unspecified atom stereocenters. The minimum Gasteiger partial charge on any atom is -0.497 e. The van der Waals surface area contributed by atoms with Gasteiger partial charge in [-0.25, -0.2) is 4.79 Å². The molecule has 29 heavy (non-hydrogen) atoms. The summed E-state index contributed by atoms with van der Waals surface area (Å²) in [5.41, 5.74) is 2.82. The lowest BCUT2D eigenvalue weighted by molar-refractivity contribution is -0.149. The van der Waals surface area contributed by atoms with E-state index in [1.807, 2.05) is 43.3 Å². The Kier molecular flexibility index (Phi) is 6.51. The Morgan fingerprint density at radius 1 is 1.07 bits per heavy atom. The van der Waals surface area contributed by atoms with Gasteiger partial charge in [-0.05, 0) is 29.8 Å². The summed E-state index contributed by atoms with van der Waals surface area (Å²) in [4.78, 5) is 24.9. The predicted octanol–water partition coefficient (Wildman–Crippen LogP) is 1.52. The van der Waals surface area contributed by atoms with E-state index < -0.39 is 11.9 Å². The topological polar surface area (TPSA) is 108 Å². The highest BCUT2D eigenvalue weighted by molar-refractivity contribution is 5.80. The number of carbonyl (C=O) groups is 2. The van der Waals surface area contributed by atoms with E-state index in [0.29, 0.717) is 12.4 Å². The Balaban J connectivity index is 1.42. The Hall–Kier alpha value is -3.75. The van der Waals surface area contributed by atoms with Gasteiger partial charge in [0.1, 0.15) is 5.75 Å². The van der Waals surface area contributed by atoms with Crippen LogP contribution in [-0.2, 0) is 27.4 Å². The molecule has 0 fully saturated rings. The number of amides is 1. The lowest BCUT2D eigenvalue weighted by Gasteiger charge is -2.07. The van der Waals surface area contributed by atoms with Crippen LogP contribution < -0.4 is 10.1 Å². The number of tetrazole rings is 1. The van der Waals surface area contributed by atoms with Crippen LogP contribution in [0.3, 0.4) is 0 Å². The quantitative estimate of drug-likeness (QED) is 0.576. The second kappa shape index (κ2) is 9.45. The lowest BCUT2D eigenvalue weighted by Crippen LogP contribution is -2.29. The van der Waals surface area contributed by atoms with Crippen LogP contribution in [0.25, 0.3) is 11.4 Å². The molecule has 0 aliphatic carbocycles. The summed E-state index contributed by atoms with van der Waals surface area (Å²) in [6, 6.07) is 14.9. The second-order valence-corrected chi connectivity index (χ2v) is 6.29. The van der Waals surface area contributed by atoms with Crippen LogP contribution >= 0.6 is 0 Å². The molecule has 3 rings (SSSR count). The highest BCUT2D eigenvalue weighted by Crippen LogP contribution is 2.14. The van der Waals surface area contributed by atoms with Gasteiger partial charge in [0.15, 0.2) is 13.2 Å². The van der Waals surface area contributed by atoms with Gasteiger partial charge in [-0.3, -0.25) is 4.79 Å². The molecule has 0 saturated carbocycles. The molecule has 3 aromatic rings. The maximum absolute atomic E-state index is 11.9. The molecule has 0 radical (unpaired) electrons. The molecular weight excluding hydrogens is 374 g/mol. The second-order valence-electron chi connectivity index (χ2n) is 6.29. The largest absolute Gasteiger partial charge is 0.497 e. The van der Waals surface area contributed by atoms with Crippen molar-refractivity contribution in [2.45, 2.75) is 20.0 Å². The van der Waals surface area contributed by atoms with Crippen LogP contribution in [0.5, 0.6) is 5.75 Å². The smallest absolute Gasteiger partial charge is 0.330 e. The normalized spacial score (nSPS) is 10.4. The SMILES string of the molecule is COc1ccc(CNC(=O)COC(=O)Cn2nnc(-c3ccc(C)cc3)n2)cc1. The van der Waals surface area contributed by atoms with E-state index in [0.717, 1.165) is 27.2 Å². The first-order valence-electron chi connectivity index (χ1n) is 8.93. The van der Waals surface area contributed by atoms with Gasteiger partial charge in [0.2, 0.25) is 5.82 Å². The number of methoxy groups -OCH3 is 1. The van der Waals surface area contributed by atoms with E-state index in [1.54, 1.807) is 19.2 Å². The van der Waals surface area contributed by atoms with Gasteiger partial charge < -0.3 is 14.8 Å². The van der Waals surface area contributed by atoms with Crippen molar-refractivity contribution in [1.82, 2.24) is 25.5 Å². The van der Waals surface area contributed by atoms with Crippen LogP contribution in [0, 0.1) is 6.92 Å². The molecule has 9 nitrogen and oxygen atoms in total. The highest BCUT2D eigenvalue weighted by atomic mass is 16.5. The van der Waals surface area contributed by atoms with Crippen LogP contribution in [0.1, 0.15) is 11.1 Å². The van der Waals surface area contributed by atoms with Gasteiger partial charge >= 0.3 is 5.97 Å². The number of hydrogen-bond acceptors (Lipinski definition) is 7. The number of ether oxygens (including phenoxy) is 2. The number of rotatable bonds is 8. The third-order valence-electron chi connectivity index (χ3n) is 4.05. The van der Waals surface area contributed by atoms with E-state index >= 15 is 0 Å². The van der Waals surface area contributed by atoms with E-state index in [2.05, 4.69) is 20.7 Å². The first kappa shape index (κ1) is 20.0. The molecule has 2 aromatic carbocycles. The molecule has 1 heterocycles. The number of hydrogen-bond donors (Lipinski definition) is 1. The summed E-state index contributed by atoms with van der Waals surface area (Å²) < 4.78 is 10.0. The number of nitrogens with one attached hydrogen (secondary N) is 1. The van der Waals surface area contributed by atoms with E-state index in [4.69, 9.17) is 9.47 Å². The highest BCUT2D eigenvalue weighted by Gasteiger charge is 2.12. The first-order chi connectivity index (χ1) is 14.0. The van der Waals surface area contributed by atoms with Crippen LogP contribution in [0.4, 0.5) is 0 Å². The number of carbonyl (C=O) groups excluding carboxylic acids is 2. The number of esters is 1. The van der Waals surface area contributed by atoms with Crippen molar-refractivity contribution >= 4 is 11.9 Å². The molecule has 9 heteroatoms. The number of benzene rings is 2. The maximum atomic E-state index is 11.9. The fourth-order valence-corrected chi connectivity index (χ4v) is 2.43. The zero-order valence-corrected chi connectivity index (χ0v) is 16.2. The molecule has 0 bridgehead atoms. The van der Waals surface area contributed by atoms with Gasteiger partial charge in [0.25, 0.3) is 5.91 Å². The van der Waals surface area contributed by atoms with Crippen molar-refractivity contribution in [2.24, 2.45) is 0 Å². The molecule has 1 aromatic heterocycles.